The SMILES string of the molecule is O=C(CCSc1ccccc1)N1CC(c2nc(-c3ccncc3)no2)C1. The summed E-state index contributed by atoms with van der Waals surface area (Å²) >= 11 is 1.71. The molecular weight excluding hydrogens is 348 g/mol. The quantitative estimate of drug-likeness (QED) is 0.624. The normalized spacial score (nSPS) is 14.2. The highest BCUT2D eigenvalue weighted by Crippen LogP contribution is 2.28. The van der Waals surface area contributed by atoms with Gasteiger partial charge in [-0.3, -0.25) is 9.78 Å². The minimum Gasteiger partial charge on any atom is -0.341 e. The van der Waals surface area contributed by atoms with E-state index in [9.17, 15) is 4.79 Å². The summed E-state index contributed by atoms with van der Waals surface area (Å²) in [6.07, 6.45) is 3.93. The van der Waals surface area contributed by atoms with Crippen LogP contribution in [0.1, 0.15) is 18.2 Å². The maximum absolute atomic E-state index is 12.3. The van der Waals surface area contributed by atoms with Crippen LogP contribution >= 0.6 is 11.8 Å². The number of pyridine rings is 1. The van der Waals surface area contributed by atoms with Crippen molar-refractivity contribution in [3.8, 4) is 11.4 Å². The van der Waals surface area contributed by atoms with Crippen LogP contribution < -0.4 is 0 Å². The number of thioether (sulfide) groups is 1. The Morgan fingerprint density at radius 2 is 1.92 bits per heavy atom. The van der Waals surface area contributed by atoms with E-state index < -0.39 is 0 Å². The lowest BCUT2D eigenvalue weighted by atomic mass is 10.00. The lowest BCUT2D eigenvalue weighted by Crippen LogP contribution is -2.48. The summed E-state index contributed by atoms with van der Waals surface area (Å²) in [6.45, 7) is 1.29. The first-order chi connectivity index (χ1) is 12.8. The summed E-state index contributed by atoms with van der Waals surface area (Å²) in [6, 6.07) is 13.8. The lowest BCUT2D eigenvalue weighted by Gasteiger charge is -2.37. The Bertz CT molecular complexity index is 864. The van der Waals surface area contributed by atoms with Gasteiger partial charge in [-0.2, -0.15) is 4.98 Å². The first-order valence-electron chi connectivity index (χ1n) is 8.49. The average molecular weight is 366 g/mol. The Labute approximate surface area is 155 Å². The highest BCUT2D eigenvalue weighted by molar-refractivity contribution is 7.99. The molecule has 1 aromatic carbocycles. The molecule has 0 radical (unpaired) electrons. The monoisotopic (exact) mass is 366 g/mol. The number of carbonyl (C=O) groups is 1. The predicted octanol–water partition coefficient (Wildman–Crippen LogP) is 3.24. The van der Waals surface area contributed by atoms with Crippen molar-refractivity contribution in [2.75, 3.05) is 18.8 Å². The summed E-state index contributed by atoms with van der Waals surface area (Å²) in [7, 11) is 0. The van der Waals surface area contributed by atoms with Crippen LogP contribution in [0.5, 0.6) is 0 Å². The molecule has 0 unspecified atom stereocenters. The van der Waals surface area contributed by atoms with Crippen LogP contribution in [-0.4, -0.2) is 44.8 Å². The zero-order valence-electron chi connectivity index (χ0n) is 14.1. The van der Waals surface area contributed by atoms with Crippen molar-refractivity contribution in [1.29, 1.82) is 0 Å². The standard InChI is InChI=1S/C19H18N4O2S/c24-17(8-11-26-16-4-2-1-3-5-16)23-12-15(13-23)19-21-18(22-25-19)14-6-9-20-10-7-14/h1-7,9-10,15H,8,11-13H2. The Morgan fingerprint density at radius 1 is 1.15 bits per heavy atom. The van der Waals surface area contributed by atoms with Crippen molar-refractivity contribution in [2.45, 2.75) is 17.2 Å². The Kier molecular flexibility index (Phi) is 4.97. The summed E-state index contributed by atoms with van der Waals surface area (Å²) in [5.41, 5.74) is 0.875. The third-order valence-corrected chi connectivity index (χ3v) is 5.31. The number of hydrogen-bond donors (Lipinski definition) is 0. The molecule has 0 aliphatic carbocycles. The molecule has 2 aromatic heterocycles. The van der Waals surface area contributed by atoms with Gasteiger partial charge in [-0.15, -0.1) is 11.8 Å². The fourth-order valence-electron chi connectivity index (χ4n) is 2.79. The van der Waals surface area contributed by atoms with Crippen molar-refractivity contribution in [3.05, 3.63) is 60.7 Å². The topological polar surface area (TPSA) is 72.1 Å². The second kappa shape index (κ2) is 7.70. The number of carbonyl (C=O) groups excluding carboxylic acids is 1. The third-order valence-electron chi connectivity index (χ3n) is 4.29. The Hall–Kier alpha value is -2.67. The van der Waals surface area contributed by atoms with Gasteiger partial charge >= 0.3 is 0 Å². The maximum atomic E-state index is 12.3. The molecule has 1 aliphatic rings. The van der Waals surface area contributed by atoms with Crippen LogP contribution in [-0.2, 0) is 4.79 Å². The molecule has 26 heavy (non-hydrogen) atoms. The molecule has 7 heteroatoms. The van der Waals surface area contributed by atoms with Crippen molar-refractivity contribution in [2.24, 2.45) is 0 Å². The number of nitrogens with zero attached hydrogens (tertiary/aromatic N) is 4. The molecule has 4 rings (SSSR count). The number of benzene rings is 1. The molecule has 1 saturated heterocycles. The average Bonchev–Trinajstić information content (AvgIpc) is 3.12. The smallest absolute Gasteiger partial charge is 0.233 e. The van der Waals surface area contributed by atoms with E-state index in [4.69, 9.17) is 4.52 Å². The summed E-state index contributed by atoms with van der Waals surface area (Å²) in [5, 5.41) is 4.02. The number of likely N-dealkylation sites (tertiary alicyclic amines) is 1. The highest BCUT2D eigenvalue weighted by Gasteiger charge is 2.35. The van der Waals surface area contributed by atoms with Gasteiger partial charge < -0.3 is 9.42 Å². The van der Waals surface area contributed by atoms with E-state index in [0.717, 1.165) is 11.3 Å². The summed E-state index contributed by atoms with van der Waals surface area (Å²) < 4.78 is 5.37. The molecule has 1 fully saturated rings. The number of rotatable bonds is 6. The lowest BCUT2D eigenvalue weighted by molar-refractivity contribution is -0.135. The van der Waals surface area contributed by atoms with Crippen LogP contribution in [0.25, 0.3) is 11.4 Å². The number of aromatic nitrogens is 3. The molecule has 0 saturated carbocycles. The van der Waals surface area contributed by atoms with E-state index in [2.05, 4.69) is 27.3 Å². The van der Waals surface area contributed by atoms with Gasteiger partial charge in [0.15, 0.2) is 0 Å². The van der Waals surface area contributed by atoms with Crippen LogP contribution in [0.4, 0.5) is 0 Å². The fourth-order valence-corrected chi connectivity index (χ4v) is 3.65. The molecule has 3 aromatic rings. The van der Waals surface area contributed by atoms with E-state index >= 15 is 0 Å². The van der Waals surface area contributed by atoms with Gasteiger partial charge in [0, 0.05) is 48.1 Å². The van der Waals surface area contributed by atoms with Crippen molar-refractivity contribution < 1.29 is 9.32 Å². The summed E-state index contributed by atoms with van der Waals surface area (Å²) in [4.78, 5) is 23.7. The third kappa shape index (κ3) is 3.77. The molecular formula is C19H18N4O2S. The molecule has 1 aliphatic heterocycles. The van der Waals surface area contributed by atoms with Gasteiger partial charge in [0.2, 0.25) is 17.6 Å². The van der Waals surface area contributed by atoms with E-state index in [1.807, 2.05) is 35.2 Å². The van der Waals surface area contributed by atoms with Gasteiger partial charge in [-0.05, 0) is 24.3 Å². The predicted molar refractivity (Wildman–Crippen MR) is 98.6 cm³/mol. The first-order valence-corrected chi connectivity index (χ1v) is 9.48. The minimum absolute atomic E-state index is 0.129. The maximum Gasteiger partial charge on any atom is 0.233 e. The first kappa shape index (κ1) is 16.8. The molecule has 0 bridgehead atoms. The van der Waals surface area contributed by atoms with E-state index in [0.29, 0.717) is 31.2 Å². The van der Waals surface area contributed by atoms with Gasteiger partial charge in [-0.1, -0.05) is 23.4 Å². The minimum atomic E-state index is 0.129. The van der Waals surface area contributed by atoms with Gasteiger partial charge in [0.05, 0.1) is 5.92 Å². The van der Waals surface area contributed by atoms with Crippen molar-refractivity contribution in [3.63, 3.8) is 0 Å². The largest absolute Gasteiger partial charge is 0.341 e. The molecule has 132 valence electrons. The number of hydrogen-bond acceptors (Lipinski definition) is 6. The number of amides is 1. The van der Waals surface area contributed by atoms with Crippen molar-refractivity contribution >= 4 is 17.7 Å². The van der Waals surface area contributed by atoms with Crippen LogP contribution in [0, 0.1) is 0 Å². The van der Waals surface area contributed by atoms with E-state index in [-0.39, 0.29) is 11.8 Å². The molecule has 0 spiro atoms. The summed E-state index contributed by atoms with van der Waals surface area (Å²) in [5.74, 6) is 2.25. The fraction of sp³-hybridized carbons (Fsp3) is 0.263. The highest BCUT2D eigenvalue weighted by atomic mass is 32.2. The van der Waals surface area contributed by atoms with Crippen LogP contribution in [0.3, 0.4) is 0 Å². The molecule has 6 nitrogen and oxygen atoms in total. The molecule has 3 heterocycles. The Balaban J connectivity index is 1.25. The van der Waals surface area contributed by atoms with Crippen LogP contribution in [0.15, 0.2) is 64.3 Å². The van der Waals surface area contributed by atoms with Gasteiger partial charge in [0.25, 0.3) is 0 Å². The van der Waals surface area contributed by atoms with Gasteiger partial charge in [-0.25, -0.2) is 0 Å². The molecule has 1 amide bonds. The van der Waals surface area contributed by atoms with E-state index in [1.165, 1.54) is 4.90 Å². The zero-order valence-corrected chi connectivity index (χ0v) is 14.9. The van der Waals surface area contributed by atoms with Gasteiger partial charge in [0.1, 0.15) is 0 Å². The zero-order chi connectivity index (χ0) is 17.8. The van der Waals surface area contributed by atoms with Crippen LogP contribution in [0.2, 0.25) is 0 Å². The molecule has 0 N–H and O–H groups in total. The Morgan fingerprint density at radius 3 is 2.69 bits per heavy atom. The van der Waals surface area contributed by atoms with E-state index in [1.54, 1.807) is 24.2 Å². The second-order valence-electron chi connectivity index (χ2n) is 6.10. The molecule has 0 atom stereocenters. The van der Waals surface area contributed by atoms with Crippen molar-refractivity contribution in [1.82, 2.24) is 20.0 Å². The second-order valence-corrected chi connectivity index (χ2v) is 7.27.